The fourth-order valence-corrected chi connectivity index (χ4v) is 1.49. The van der Waals surface area contributed by atoms with Crippen LogP contribution < -0.4 is 10.6 Å². The van der Waals surface area contributed by atoms with Gasteiger partial charge in [0, 0.05) is 32.9 Å². The number of methoxy groups -OCH3 is 1. The van der Waals surface area contributed by atoms with Crippen LogP contribution in [-0.2, 0) is 10.9 Å². The first-order valence-corrected chi connectivity index (χ1v) is 5.33. The second-order valence-electron chi connectivity index (χ2n) is 4.00. The highest BCUT2D eigenvalue weighted by Gasteiger charge is 2.30. The smallest absolute Gasteiger partial charge is 0.383 e. The van der Waals surface area contributed by atoms with Crippen LogP contribution in [0.15, 0.2) is 18.3 Å². The van der Waals surface area contributed by atoms with Crippen LogP contribution >= 0.6 is 0 Å². The summed E-state index contributed by atoms with van der Waals surface area (Å²) in [6.07, 6.45) is -3.55. The van der Waals surface area contributed by atoms with Crippen LogP contribution in [0.3, 0.4) is 0 Å². The van der Waals surface area contributed by atoms with E-state index in [9.17, 15) is 13.2 Å². The number of hydrogen-bond donors (Lipinski definition) is 1. The molecule has 0 radical (unpaired) electrons. The molecule has 0 saturated heterocycles. The molecule has 4 nitrogen and oxygen atoms in total. The Hall–Kier alpha value is -1.34. The minimum Gasteiger partial charge on any atom is -0.383 e. The molecule has 0 aliphatic carbocycles. The molecule has 0 spiro atoms. The Labute approximate surface area is 104 Å². The van der Waals surface area contributed by atoms with Crippen LogP contribution in [0, 0.1) is 0 Å². The second-order valence-corrected chi connectivity index (χ2v) is 4.00. The number of aromatic nitrogens is 1. The molecular formula is C11H16F3N3O. The van der Waals surface area contributed by atoms with Crippen molar-refractivity contribution in [3.8, 4) is 0 Å². The van der Waals surface area contributed by atoms with Gasteiger partial charge in [0.05, 0.1) is 12.2 Å². The molecule has 1 aromatic rings. The predicted molar refractivity (Wildman–Crippen MR) is 62.4 cm³/mol. The molecule has 1 heterocycles. The number of likely N-dealkylation sites (N-methyl/N-ethyl adjacent to an activating group) is 1. The fourth-order valence-electron chi connectivity index (χ4n) is 1.49. The molecule has 0 saturated carbocycles. The summed E-state index contributed by atoms with van der Waals surface area (Å²) in [5, 5.41) is 0. The Bertz CT molecular complexity index is 367. The van der Waals surface area contributed by atoms with Crippen molar-refractivity contribution in [2.75, 3.05) is 32.2 Å². The molecule has 0 aromatic carbocycles. The molecule has 102 valence electrons. The van der Waals surface area contributed by atoms with Crippen LogP contribution in [0.4, 0.5) is 19.0 Å². The van der Waals surface area contributed by atoms with Gasteiger partial charge in [0.25, 0.3) is 0 Å². The van der Waals surface area contributed by atoms with E-state index in [-0.39, 0.29) is 6.04 Å². The number of pyridine rings is 1. The van der Waals surface area contributed by atoms with Gasteiger partial charge in [0.15, 0.2) is 0 Å². The van der Waals surface area contributed by atoms with Gasteiger partial charge in [-0.15, -0.1) is 0 Å². The highest BCUT2D eigenvalue weighted by molar-refractivity contribution is 5.39. The predicted octanol–water partition coefficient (Wildman–Crippen LogP) is 1.51. The maximum atomic E-state index is 12.3. The van der Waals surface area contributed by atoms with Crippen molar-refractivity contribution in [1.82, 2.24) is 4.98 Å². The third-order valence-corrected chi connectivity index (χ3v) is 2.36. The number of hydrogen-bond acceptors (Lipinski definition) is 4. The molecule has 1 aromatic heterocycles. The number of rotatable bonds is 5. The van der Waals surface area contributed by atoms with E-state index in [2.05, 4.69) is 4.98 Å². The van der Waals surface area contributed by atoms with Gasteiger partial charge < -0.3 is 15.4 Å². The van der Waals surface area contributed by atoms with E-state index in [0.717, 1.165) is 12.3 Å². The molecule has 18 heavy (non-hydrogen) atoms. The largest absolute Gasteiger partial charge is 0.417 e. The summed E-state index contributed by atoms with van der Waals surface area (Å²) in [4.78, 5) is 5.45. The first-order chi connectivity index (χ1) is 8.34. The van der Waals surface area contributed by atoms with E-state index in [0.29, 0.717) is 19.0 Å². The lowest BCUT2D eigenvalue weighted by atomic mass is 10.2. The standard InChI is InChI=1S/C11H16F3N3O/c1-17(6-9(15)7-18-2)10-4-3-8(5-16-10)11(12,13)14/h3-5,9H,6-7,15H2,1-2H3. The Kier molecular flexibility index (Phi) is 4.92. The Balaban J connectivity index is 2.67. The monoisotopic (exact) mass is 263 g/mol. The van der Waals surface area contributed by atoms with Crippen LogP contribution in [0.2, 0.25) is 0 Å². The number of nitrogens with two attached hydrogens (primary N) is 1. The van der Waals surface area contributed by atoms with Crippen LogP contribution in [0.25, 0.3) is 0 Å². The number of halogens is 3. The molecule has 7 heteroatoms. The van der Waals surface area contributed by atoms with Gasteiger partial charge in [-0.25, -0.2) is 4.98 Å². The molecule has 0 amide bonds. The zero-order chi connectivity index (χ0) is 13.8. The van der Waals surface area contributed by atoms with Crippen molar-refractivity contribution in [2.45, 2.75) is 12.2 Å². The van der Waals surface area contributed by atoms with Crippen LogP contribution in [0.1, 0.15) is 5.56 Å². The van der Waals surface area contributed by atoms with Gasteiger partial charge >= 0.3 is 6.18 Å². The van der Waals surface area contributed by atoms with Gasteiger partial charge in [0.1, 0.15) is 5.82 Å². The summed E-state index contributed by atoms with van der Waals surface area (Å²) in [5.41, 5.74) is 4.98. The zero-order valence-electron chi connectivity index (χ0n) is 10.2. The maximum Gasteiger partial charge on any atom is 0.417 e. The van der Waals surface area contributed by atoms with Crippen molar-refractivity contribution in [3.05, 3.63) is 23.9 Å². The third kappa shape index (κ3) is 4.15. The second kappa shape index (κ2) is 6.01. The molecule has 0 fully saturated rings. The van der Waals surface area contributed by atoms with Crippen molar-refractivity contribution >= 4 is 5.82 Å². The summed E-state index contributed by atoms with van der Waals surface area (Å²) < 4.78 is 41.9. The summed E-state index contributed by atoms with van der Waals surface area (Å²) in [6.45, 7) is 0.831. The third-order valence-electron chi connectivity index (χ3n) is 2.36. The minimum absolute atomic E-state index is 0.218. The molecule has 1 rings (SSSR count). The normalized spacial score (nSPS) is 13.4. The molecule has 0 bridgehead atoms. The van der Waals surface area contributed by atoms with Crippen LogP contribution in [-0.4, -0.2) is 38.3 Å². The van der Waals surface area contributed by atoms with Gasteiger partial charge in [-0.3, -0.25) is 0 Å². The van der Waals surface area contributed by atoms with Crippen molar-refractivity contribution in [1.29, 1.82) is 0 Å². The quantitative estimate of drug-likeness (QED) is 0.875. The van der Waals surface area contributed by atoms with E-state index < -0.39 is 11.7 Å². The fraction of sp³-hybridized carbons (Fsp3) is 0.545. The average molecular weight is 263 g/mol. The number of alkyl halides is 3. The molecule has 1 atom stereocenters. The highest BCUT2D eigenvalue weighted by Crippen LogP contribution is 2.29. The van der Waals surface area contributed by atoms with Crippen LogP contribution in [0.5, 0.6) is 0 Å². The van der Waals surface area contributed by atoms with E-state index in [1.807, 2.05) is 0 Å². The molecular weight excluding hydrogens is 247 g/mol. The molecule has 0 aliphatic heterocycles. The summed E-state index contributed by atoms with van der Waals surface area (Å²) in [6, 6.07) is 2.10. The average Bonchev–Trinajstić information content (AvgIpc) is 2.28. The van der Waals surface area contributed by atoms with Gasteiger partial charge in [0.2, 0.25) is 0 Å². The summed E-state index contributed by atoms with van der Waals surface area (Å²) in [7, 11) is 3.25. The summed E-state index contributed by atoms with van der Waals surface area (Å²) in [5.74, 6) is 0.439. The highest BCUT2D eigenvalue weighted by atomic mass is 19.4. The van der Waals surface area contributed by atoms with Gasteiger partial charge in [-0.1, -0.05) is 0 Å². The lowest BCUT2D eigenvalue weighted by Gasteiger charge is -2.22. The Morgan fingerprint density at radius 3 is 2.56 bits per heavy atom. The van der Waals surface area contributed by atoms with Gasteiger partial charge in [-0.2, -0.15) is 13.2 Å². The van der Waals surface area contributed by atoms with E-state index in [4.69, 9.17) is 10.5 Å². The lowest BCUT2D eigenvalue weighted by Crippen LogP contribution is -2.38. The molecule has 1 unspecified atom stereocenters. The first-order valence-electron chi connectivity index (χ1n) is 5.33. The number of ether oxygens (including phenoxy) is 1. The summed E-state index contributed by atoms with van der Waals surface area (Å²) >= 11 is 0. The van der Waals surface area contributed by atoms with E-state index >= 15 is 0 Å². The Morgan fingerprint density at radius 2 is 2.11 bits per heavy atom. The van der Waals surface area contributed by atoms with E-state index in [1.165, 1.54) is 13.2 Å². The van der Waals surface area contributed by atoms with E-state index in [1.54, 1.807) is 11.9 Å². The maximum absolute atomic E-state index is 12.3. The van der Waals surface area contributed by atoms with Crippen molar-refractivity contribution in [2.24, 2.45) is 5.73 Å². The van der Waals surface area contributed by atoms with Gasteiger partial charge in [-0.05, 0) is 12.1 Å². The molecule has 0 aliphatic rings. The SMILES string of the molecule is COCC(N)CN(C)c1ccc(C(F)(F)F)cn1. The first kappa shape index (κ1) is 14.7. The number of anilines is 1. The lowest BCUT2D eigenvalue weighted by molar-refractivity contribution is -0.137. The van der Waals surface area contributed by atoms with Crippen molar-refractivity contribution < 1.29 is 17.9 Å². The number of nitrogens with zero attached hydrogens (tertiary/aromatic N) is 2. The Morgan fingerprint density at radius 1 is 1.44 bits per heavy atom. The molecule has 2 N–H and O–H groups in total. The minimum atomic E-state index is -4.36. The zero-order valence-corrected chi connectivity index (χ0v) is 10.2. The van der Waals surface area contributed by atoms with Crippen molar-refractivity contribution in [3.63, 3.8) is 0 Å². The topological polar surface area (TPSA) is 51.4 Å².